The SMILES string of the molecule is O[C@H](Nc1cc2c(Cl)nc(-c3ccccc3Cl)cc2cn1)C1CC1. The second kappa shape index (κ2) is 6.20. The van der Waals surface area contributed by atoms with E-state index in [0.29, 0.717) is 27.6 Å². The van der Waals surface area contributed by atoms with Gasteiger partial charge in [0.1, 0.15) is 17.2 Å². The highest BCUT2D eigenvalue weighted by molar-refractivity contribution is 6.35. The average Bonchev–Trinajstić information content (AvgIpc) is 3.41. The van der Waals surface area contributed by atoms with Gasteiger partial charge in [-0.05, 0) is 31.0 Å². The number of nitrogens with zero attached hydrogens (tertiary/aromatic N) is 2. The first-order chi connectivity index (χ1) is 11.6. The van der Waals surface area contributed by atoms with Gasteiger partial charge in [0.25, 0.3) is 0 Å². The third-order valence-corrected chi connectivity index (χ3v) is 4.80. The van der Waals surface area contributed by atoms with Gasteiger partial charge in [0, 0.05) is 33.5 Å². The lowest BCUT2D eigenvalue weighted by molar-refractivity contribution is 0.179. The molecule has 2 N–H and O–H groups in total. The summed E-state index contributed by atoms with van der Waals surface area (Å²) >= 11 is 12.6. The first-order valence-electron chi connectivity index (χ1n) is 7.77. The van der Waals surface area contributed by atoms with Crippen molar-refractivity contribution < 1.29 is 5.11 Å². The summed E-state index contributed by atoms with van der Waals surface area (Å²) in [6.45, 7) is 0. The van der Waals surface area contributed by atoms with E-state index in [4.69, 9.17) is 23.2 Å². The van der Waals surface area contributed by atoms with Crippen molar-refractivity contribution in [3.05, 3.63) is 52.8 Å². The van der Waals surface area contributed by atoms with E-state index >= 15 is 0 Å². The van der Waals surface area contributed by atoms with Crippen LogP contribution in [0.2, 0.25) is 10.2 Å². The molecular weight excluding hydrogens is 345 g/mol. The van der Waals surface area contributed by atoms with Gasteiger partial charge in [-0.3, -0.25) is 0 Å². The van der Waals surface area contributed by atoms with Gasteiger partial charge in [-0.2, -0.15) is 0 Å². The summed E-state index contributed by atoms with van der Waals surface area (Å²) in [6.07, 6.45) is 3.26. The zero-order chi connectivity index (χ0) is 16.7. The number of nitrogens with one attached hydrogen (secondary N) is 1. The molecule has 1 fully saturated rings. The fraction of sp³-hybridized carbons (Fsp3) is 0.222. The van der Waals surface area contributed by atoms with Crippen molar-refractivity contribution >= 4 is 39.8 Å². The molecule has 122 valence electrons. The Morgan fingerprint density at radius 1 is 1.17 bits per heavy atom. The lowest BCUT2D eigenvalue weighted by Gasteiger charge is -2.13. The van der Waals surface area contributed by atoms with Crippen molar-refractivity contribution in [3.8, 4) is 11.3 Å². The Labute approximate surface area is 149 Å². The highest BCUT2D eigenvalue weighted by atomic mass is 35.5. The molecule has 1 saturated carbocycles. The number of hydrogen-bond donors (Lipinski definition) is 2. The summed E-state index contributed by atoms with van der Waals surface area (Å²) in [4.78, 5) is 8.83. The smallest absolute Gasteiger partial charge is 0.137 e. The third-order valence-electron chi connectivity index (χ3n) is 4.18. The molecule has 6 heteroatoms. The number of benzene rings is 1. The van der Waals surface area contributed by atoms with Crippen LogP contribution in [0.1, 0.15) is 12.8 Å². The molecule has 24 heavy (non-hydrogen) atoms. The molecule has 1 aliphatic rings. The summed E-state index contributed by atoms with van der Waals surface area (Å²) in [5.74, 6) is 0.912. The van der Waals surface area contributed by atoms with Crippen LogP contribution in [0.25, 0.3) is 22.0 Å². The molecule has 2 heterocycles. The first kappa shape index (κ1) is 15.6. The van der Waals surface area contributed by atoms with Crippen LogP contribution in [0, 0.1) is 5.92 Å². The topological polar surface area (TPSA) is 58.0 Å². The van der Waals surface area contributed by atoms with Gasteiger partial charge in [0.15, 0.2) is 0 Å². The van der Waals surface area contributed by atoms with Crippen LogP contribution in [0.15, 0.2) is 42.6 Å². The Morgan fingerprint density at radius 2 is 1.96 bits per heavy atom. The van der Waals surface area contributed by atoms with Gasteiger partial charge in [-0.25, -0.2) is 9.97 Å². The number of aliphatic hydroxyl groups excluding tert-OH is 1. The van der Waals surface area contributed by atoms with Crippen molar-refractivity contribution in [1.29, 1.82) is 0 Å². The van der Waals surface area contributed by atoms with Gasteiger partial charge in [-0.1, -0.05) is 41.4 Å². The molecule has 3 aromatic rings. The minimum atomic E-state index is -0.566. The van der Waals surface area contributed by atoms with E-state index in [0.717, 1.165) is 29.2 Å². The minimum Gasteiger partial charge on any atom is -0.373 e. The first-order valence-corrected chi connectivity index (χ1v) is 8.53. The maximum absolute atomic E-state index is 9.99. The van der Waals surface area contributed by atoms with E-state index < -0.39 is 6.23 Å². The maximum atomic E-state index is 9.99. The van der Waals surface area contributed by atoms with E-state index in [2.05, 4.69) is 15.3 Å². The predicted octanol–water partition coefficient (Wildman–Crippen LogP) is 4.74. The lowest BCUT2D eigenvalue weighted by atomic mass is 10.1. The van der Waals surface area contributed by atoms with Crippen LogP contribution in [-0.2, 0) is 0 Å². The van der Waals surface area contributed by atoms with Crippen LogP contribution in [-0.4, -0.2) is 21.3 Å². The molecule has 0 spiro atoms. The Bertz CT molecular complexity index is 912. The highest BCUT2D eigenvalue weighted by Gasteiger charge is 2.29. The second-order valence-corrected chi connectivity index (χ2v) is 6.76. The summed E-state index contributed by atoms with van der Waals surface area (Å²) in [5.41, 5.74) is 1.54. The molecule has 0 unspecified atom stereocenters. The van der Waals surface area contributed by atoms with Crippen molar-refractivity contribution in [2.75, 3.05) is 5.32 Å². The molecule has 4 nitrogen and oxygen atoms in total. The van der Waals surface area contributed by atoms with Gasteiger partial charge in [-0.15, -0.1) is 0 Å². The summed E-state index contributed by atoms with van der Waals surface area (Å²) in [5, 5.41) is 15.7. The van der Waals surface area contributed by atoms with Crippen LogP contribution in [0.4, 0.5) is 5.82 Å². The number of fused-ring (bicyclic) bond motifs is 1. The normalized spacial score (nSPS) is 15.5. The number of pyridine rings is 2. The molecule has 0 saturated heterocycles. The zero-order valence-corrected chi connectivity index (χ0v) is 14.2. The number of aromatic nitrogens is 2. The van der Waals surface area contributed by atoms with Crippen LogP contribution < -0.4 is 5.32 Å². The Morgan fingerprint density at radius 3 is 2.71 bits per heavy atom. The van der Waals surface area contributed by atoms with E-state index in [1.54, 1.807) is 6.20 Å². The number of anilines is 1. The fourth-order valence-electron chi connectivity index (χ4n) is 2.67. The molecule has 1 atom stereocenters. The Kier molecular flexibility index (Phi) is 4.04. The molecule has 0 amide bonds. The molecule has 0 radical (unpaired) electrons. The lowest BCUT2D eigenvalue weighted by Crippen LogP contribution is -2.21. The monoisotopic (exact) mass is 359 g/mol. The van der Waals surface area contributed by atoms with Gasteiger partial charge in [0.2, 0.25) is 0 Å². The number of halogens is 2. The Balaban J connectivity index is 1.72. The van der Waals surface area contributed by atoms with E-state index in [9.17, 15) is 5.11 Å². The fourth-order valence-corrected chi connectivity index (χ4v) is 3.16. The van der Waals surface area contributed by atoms with Gasteiger partial charge >= 0.3 is 0 Å². The molecule has 4 rings (SSSR count). The van der Waals surface area contributed by atoms with E-state index in [1.165, 1.54) is 0 Å². The van der Waals surface area contributed by atoms with E-state index in [1.807, 2.05) is 36.4 Å². The van der Waals surface area contributed by atoms with Crippen molar-refractivity contribution in [2.45, 2.75) is 19.1 Å². The molecular formula is C18H15Cl2N3O. The largest absolute Gasteiger partial charge is 0.373 e. The molecule has 0 aliphatic heterocycles. The van der Waals surface area contributed by atoms with Crippen molar-refractivity contribution in [3.63, 3.8) is 0 Å². The highest BCUT2D eigenvalue weighted by Crippen LogP contribution is 2.34. The van der Waals surface area contributed by atoms with Crippen LogP contribution in [0.5, 0.6) is 0 Å². The molecule has 1 aliphatic carbocycles. The molecule has 2 aromatic heterocycles. The number of hydrogen-bond acceptors (Lipinski definition) is 4. The van der Waals surface area contributed by atoms with Gasteiger partial charge < -0.3 is 10.4 Å². The number of aliphatic hydroxyl groups is 1. The third kappa shape index (κ3) is 3.05. The summed E-state index contributed by atoms with van der Waals surface area (Å²) in [6, 6.07) is 11.2. The maximum Gasteiger partial charge on any atom is 0.137 e. The Hall–Kier alpha value is -1.88. The van der Waals surface area contributed by atoms with Crippen molar-refractivity contribution in [1.82, 2.24) is 9.97 Å². The zero-order valence-electron chi connectivity index (χ0n) is 12.7. The molecule has 1 aromatic carbocycles. The number of rotatable bonds is 4. The average molecular weight is 360 g/mol. The van der Waals surface area contributed by atoms with Gasteiger partial charge in [0.05, 0.1) is 5.69 Å². The van der Waals surface area contributed by atoms with Crippen molar-refractivity contribution in [2.24, 2.45) is 5.92 Å². The quantitative estimate of drug-likeness (QED) is 0.521. The molecule has 0 bridgehead atoms. The summed E-state index contributed by atoms with van der Waals surface area (Å²) in [7, 11) is 0. The van der Waals surface area contributed by atoms with E-state index in [-0.39, 0.29) is 0 Å². The predicted molar refractivity (Wildman–Crippen MR) is 97.3 cm³/mol. The van der Waals surface area contributed by atoms with Crippen LogP contribution >= 0.6 is 23.2 Å². The second-order valence-electron chi connectivity index (χ2n) is 6.00. The minimum absolute atomic E-state index is 0.318. The summed E-state index contributed by atoms with van der Waals surface area (Å²) < 4.78 is 0. The van der Waals surface area contributed by atoms with Crippen LogP contribution in [0.3, 0.4) is 0 Å². The standard InChI is InChI=1S/C18H15Cl2N3O/c19-14-4-2-1-3-12(14)15-7-11-9-21-16(8-13(11)17(20)22-15)23-18(24)10-5-6-10/h1-4,7-10,18,24H,5-6H2,(H,21,23)/t18-/m0/s1.